The molecule has 0 heterocycles. The van der Waals surface area contributed by atoms with Crippen molar-refractivity contribution in [3.05, 3.63) is 0 Å². The van der Waals surface area contributed by atoms with Gasteiger partial charge in [-0.1, -0.05) is 48.0 Å². The molecule has 0 aromatic rings. The van der Waals surface area contributed by atoms with E-state index in [4.69, 9.17) is 0 Å². The molecule has 0 heteroatoms. The summed E-state index contributed by atoms with van der Waals surface area (Å²) in [7, 11) is 0. The molecular formula is C13H26. The van der Waals surface area contributed by atoms with Crippen LogP contribution in [0.1, 0.15) is 60.8 Å². The summed E-state index contributed by atoms with van der Waals surface area (Å²) >= 11 is 0. The highest BCUT2D eigenvalue weighted by Crippen LogP contribution is 2.59. The van der Waals surface area contributed by atoms with Crippen molar-refractivity contribution in [2.24, 2.45) is 22.7 Å². The van der Waals surface area contributed by atoms with Crippen LogP contribution in [0, 0.1) is 22.7 Å². The highest BCUT2D eigenvalue weighted by atomic mass is 14.6. The highest BCUT2D eigenvalue weighted by Gasteiger charge is 2.51. The molecule has 1 aliphatic rings. The molecule has 0 aliphatic heterocycles. The summed E-state index contributed by atoms with van der Waals surface area (Å²) in [5.74, 6) is 1.76. The zero-order valence-electron chi connectivity index (χ0n) is 10.3. The Balaban J connectivity index is 2.91. The normalized spacial score (nSPS) is 40.6. The molecule has 0 bridgehead atoms. The fourth-order valence-electron chi connectivity index (χ4n) is 3.09. The third kappa shape index (κ3) is 1.43. The summed E-state index contributed by atoms with van der Waals surface area (Å²) < 4.78 is 0. The SMILES string of the molecule is CCC(C)C1(C)CCC(C)C1(C)C. The zero-order chi connectivity index (χ0) is 10.3. The minimum atomic E-state index is 0.530. The van der Waals surface area contributed by atoms with Crippen molar-refractivity contribution < 1.29 is 0 Å². The van der Waals surface area contributed by atoms with Gasteiger partial charge in [0.2, 0.25) is 0 Å². The van der Waals surface area contributed by atoms with Gasteiger partial charge in [-0.25, -0.2) is 0 Å². The van der Waals surface area contributed by atoms with Crippen molar-refractivity contribution in [1.82, 2.24) is 0 Å². The Kier molecular flexibility index (Phi) is 2.81. The van der Waals surface area contributed by atoms with E-state index in [9.17, 15) is 0 Å². The maximum absolute atomic E-state index is 2.50. The van der Waals surface area contributed by atoms with E-state index >= 15 is 0 Å². The zero-order valence-corrected chi connectivity index (χ0v) is 10.3. The van der Waals surface area contributed by atoms with Crippen LogP contribution in [0.2, 0.25) is 0 Å². The van der Waals surface area contributed by atoms with Gasteiger partial charge in [0.05, 0.1) is 0 Å². The minimum Gasteiger partial charge on any atom is -0.0651 e. The largest absolute Gasteiger partial charge is 0.0651 e. The Morgan fingerprint density at radius 2 is 1.85 bits per heavy atom. The van der Waals surface area contributed by atoms with Crippen molar-refractivity contribution in [3.8, 4) is 0 Å². The second kappa shape index (κ2) is 3.29. The number of rotatable bonds is 2. The average Bonchev–Trinajstić information content (AvgIpc) is 2.29. The first-order valence-electron chi connectivity index (χ1n) is 5.86. The smallest absolute Gasteiger partial charge is 0.0246 e. The molecule has 0 radical (unpaired) electrons. The van der Waals surface area contributed by atoms with Gasteiger partial charge in [-0.3, -0.25) is 0 Å². The summed E-state index contributed by atoms with van der Waals surface area (Å²) in [4.78, 5) is 0. The first kappa shape index (κ1) is 11.1. The first-order chi connectivity index (χ1) is 5.86. The summed E-state index contributed by atoms with van der Waals surface area (Å²) in [5.41, 5.74) is 1.10. The average molecular weight is 182 g/mol. The molecule has 1 aliphatic carbocycles. The van der Waals surface area contributed by atoms with E-state index < -0.39 is 0 Å². The van der Waals surface area contributed by atoms with Crippen molar-refractivity contribution >= 4 is 0 Å². The molecule has 0 spiro atoms. The van der Waals surface area contributed by atoms with Gasteiger partial charge < -0.3 is 0 Å². The van der Waals surface area contributed by atoms with Crippen molar-refractivity contribution in [2.45, 2.75) is 60.8 Å². The Morgan fingerprint density at radius 1 is 1.31 bits per heavy atom. The highest BCUT2D eigenvalue weighted by molar-refractivity contribution is 5.00. The molecule has 0 aromatic heterocycles. The number of hydrogen-bond acceptors (Lipinski definition) is 0. The van der Waals surface area contributed by atoms with Crippen LogP contribution in [0.3, 0.4) is 0 Å². The quantitative estimate of drug-likeness (QED) is 0.590. The molecule has 1 fully saturated rings. The fraction of sp³-hybridized carbons (Fsp3) is 1.00. The van der Waals surface area contributed by atoms with Gasteiger partial charge in [-0.15, -0.1) is 0 Å². The topological polar surface area (TPSA) is 0 Å². The molecule has 1 rings (SSSR count). The van der Waals surface area contributed by atoms with Gasteiger partial charge in [0, 0.05) is 0 Å². The molecule has 0 N–H and O–H groups in total. The Bertz CT molecular complexity index is 180. The van der Waals surface area contributed by atoms with Gasteiger partial charge in [0.1, 0.15) is 0 Å². The van der Waals surface area contributed by atoms with Crippen LogP contribution in [-0.2, 0) is 0 Å². The van der Waals surface area contributed by atoms with Crippen molar-refractivity contribution in [1.29, 1.82) is 0 Å². The second-order valence-electron chi connectivity index (χ2n) is 5.89. The van der Waals surface area contributed by atoms with Crippen LogP contribution >= 0.6 is 0 Å². The number of hydrogen-bond donors (Lipinski definition) is 0. The Morgan fingerprint density at radius 3 is 2.15 bits per heavy atom. The fourth-order valence-corrected chi connectivity index (χ4v) is 3.09. The molecule has 78 valence electrons. The molecule has 3 atom stereocenters. The minimum absolute atomic E-state index is 0.530. The second-order valence-corrected chi connectivity index (χ2v) is 5.89. The van der Waals surface area contributed by atoms with Gasteiger partial charge in [0.15, 0.2) is 0 Å². The maximum atomic E-state index is 2.50. The van der Waals surface area contributed by atoms with Crippen LogP contribution in [-0.4, -0.2) is 0 Å². The monoisotopic (exact) mass is 182 g/mol. The molecule has 0 nitrogen and oxygen atoms in total. The maximum Gasteiger partial charge on any atom is -0.0246 e. The first-order valence-corrected chi connectivity index (χ1v) is 5.86. The summed E-state index contributed by atoms with van der Waals surface area (Å²) in [6.07, 6.45) is 4.18. The Hall–Kier alpha value is 0. The molecule has 3 unspecified atom stereocenters. The molecule has 0 aromatic carbocycles. The van der Waals surface area contributed by atoms with Gasteiger partial charge in [-0.2, -0.15) is 0 Å². The lowest BCUT2D eigenvalue weighted by atomic mass is 9.60. The molecular weight excluding hydrogens is 156 g/mol. The van der Waals surface area contributed by atoms with E-state index in [1.165, 1.54) is 19.3 Å². The van der Waals surface area contributed by atoms with E-state index in [1.54, 1.807) is 0 Å². The Labute approximate surface area is 84.1 Å². The van der Waals surface area contributed by atoms with Crippen molar-refractivity contribution in [3.63, 3.8) is 0 Å². The molecule has 1 saturated carbocycles. The van der Waals surface area contributed by atoms with E-state index in [1.807, 2.05) is 0 Å². The van der Waals surface area contributed by atoms with Crippen LogP contribution in [0.4, 0.5) is 0 Å². The van der Waals surface area contributed by atoms with Crippen LogP contribution in [0.15, 0.2) is 0 Å². The van der Waals surface area contributed by atoms with Gasteiger partial charge >= 0.3 is 0 Å². The summed E-state index contributed by atoms with van der Waals surface area (Å²) in [6.45, 7) is 14.6. The molecule has 13 heavy (non-hydrogen) atoms. The third-order valence-corrected chi connectivity index (χ3v) is 5.50. The van der Waals surface area contributed by atoms with Gasteiger partial charge in [0.25, 0.3) is 0 Å². The predicted octanol–water partition coefficient (Wildman–Crippen LogP) is 4.49. The van der Waals surface area contributed by atoms with E-state index in [0.29, 0.717) is 10.8 Å². The lowest BCUT2D eigenvalue weighted by Crippen LogP contribution is -2.38. The van der Waals surface area contributed by atoms with E-state index in [2.05, 4.69) is 41.5 Å². The summed E-state index contributed by atoms with van der Waals surface area (Å²) in [5, 5.41) is 0. The lowest BCUT2D eigenvalue weighted by molar-refractivity contribution is 0.0367. The third-order valence-electron chi connectivity index (χ3n) is 5.50. The van der Waals surface area contributed by atoms with Crippen LogP contribution in [0.5, 0.6) is 0 Å². The standard InChI is InChI=1S/C13H26/c1-7-10(2)13(6)9-8-11(3)12(13,4)5/h10-11H,7-9H2,1-6H3. The van der Waals surface area contributed by atoms with Gasteiger partial charge in [-0.05, 0) is 35.5 Å². The molecule has 0 amide bonds. The van der Waals surface area contributed by atoms with Crippen molar-refractivity contribution in [2.75, 3.05) is 0 Å². The summed E-state index contributed by atoms with van der Waals surface area (Å²) in [6, 6.07) is 0. The molecule has 0 saturated heterocycles. The van der Waals surface area contributed by atoms with E-state index in [-0.39, 0.29) is 0 Å². The van der Waals surface area contributed by atoms with E-state index in [0.717, 1.165) is 11.8 Å². The van der Waals surface area contributed by atoms with Crippen LogP contribution < -0.4 is 0 Å². The predicted molar refractivity (Wildman–Crippen MR) is 59.7 cm³/mol. The van der Waals surface area contributed by atoms with Crippen LogP contribution in [0.25, 0.3) is 0 Å². The lowest BCUT2D eigenvalue weighted by Gasteiger charge is -2.45.